The molecule has 1 unspecified atom stereocenters. The number of para-hydroxylation sites is 2. The van der Waals surface area contributed by atoms with Crippen LogP contribution in [0.15, 0.2) is 24.3 Å². The summed E-state index contributed by atoms with van der Waals surface area (Å²) < 4.78 is 2.36. The van der Waals surface area contributed by atoms with Gasteiger partial charge in [-0.1, -0.05) is 12.1 Å². The number of nitrogens with one attached hydrogen (secondary N) is 1. The predicted molar refractivity (Wildman–Crippen MR) is 104 cm³/mol. The average Bonchev–Trinajstić information content (AvgIpc) is 3.38. The van der Waals surface area contributed by atoms with E-state index in [2.05, 4.69) is 41.9 Å². The summed E-state index contributed by atoms with van der Waals surface area (Å²) in [5, 5.41) is 3.34. The summed E-state index contributed by atoms with van der Waals surface area (Å²) in [5.41, 5.74) is 2.26. The molecule has 1 aliphatic heterocycles. The maximum Gasteiger partial charge on any atom is 0.236 e. The second-order valence-corrected chi connectivity index (χ2v) is 8.18. The topological polar surface area (TPSA) is 50.2 Å². The summed E-state index contributed by atoms with van der Waals surface area (Å²) in [6.07, 6.45) is 4.80. The van der Waals surface area contributed by atoms with Crippen molar-refractivity contribution in [2.75, 3.05) is 26.2 Å². The predicted octanol–water partition coefficient (Wildman–Crippen LogP) is 3.32. The Morgan fingerprint density at radius 1 is 1.27 bits per heavy atom. The Balaban J connectivity index is 1.49. The Kier molecular flexibility index (Phi) is 4.98. The first-order valence-corrected chi connectivity index (χ1v) is 10.1. The Bertz CT molecular complexity index is 777. The maximum atomic E-state index is 12.6. The first kappa shape index (κ1) is 17.5. The minimum atomic E-state index is 0.238. The summed E-state index contributed by atoms with van der Waals surface area (Å²) in [7, 11) is 0. The largest absolute Gasteiger partial charge is 0.341 e. The number of likely N-dealkylation sites (tertiary alicyclic amines) is 1. The lowest BCUT2D eigenvalue weighted by atomic mass is 9.96. The van der Waals surface area contributed by atoms with E-state index in [4.69, 9.17) is 4.98 Å². The molecule has 5 nitrogen and oxygen atoms in total. The number of rotatable bonds is 6. The van der Waals surface area contributed by atoms with Gasteiger partial charge in [0.15, 0.2) is 0 Å². The van der Waals surface area contributed by atoms with Crippen molar-refractivity contribution in [3.63, 3.8) is 0 Å². The molecule has 1 aromatic carbocycles. The molecule has 1 saturated carbocycles. The smallest absolute Gasteiger partial charge is 0.236 e. The number of aromatic nitrogens is 2. The third-order valence-corrected chi connectivity index (χ3v) is 5.68. The van der Waals surface area contributed by atoms with Crippen molar-refractivity contribution in [2.45, 2.75) is 51.5 Å². The molecule has 1 aliphatic carbocycles. The van der Waals surface area contributed by atoms with Crippen molar-refractivity contribution in [3.8, 4) is 0 Å². The lowest BCUT2D eigenvalue weighted by Gasteiger charge is -2.33. The molecule has 26 heavy (non-hydrogen) atoms. The fraction of sp³-hybridized carbons (Fsp3) is 0.619. The van der Waals surface area contributed by atoms with E-state index in [1.165, 1.54) is 18.4 Å². The lowest BCUT2D eigenvalue weighted by Crippen LogP contribution is -2.44. The van der Waals surface area contributed by atoms with Gasteiger partial charge in [-0.25, -0.2) is 4.98 Å². The van der Waals surface area contributed by atoms with Crippen LogP contribution in [0.2, 0.25) is 0 Å². The minimum absolute atomic E-state index is 0.238. The van der Waals surface area contributed by atoms with Gasteiger partial charge in [0.25, 0.3) is 0 Å². The third-order valence-electron chi connectivity index (χ3n) is 5.68. The Morgan fingerprint density at radius 3 is 2.85 bits per heavy atom. The first-order valence-electron chi connectivity index (χ1n) is 10.1. The molecule has 2 aromatic rings. The molecule has 1 saturated heterocycles. The quantitative estimate of drug-likeness (QED) is 0.866. The van der Waals surface area contributed by atoms with Gasteiger partial charge >= 0.3 is 0 Å². The van der Waals surface area contributed by atoms with Crippen molar-refractivity contribution in [1.82, 2.24) is 19.8 Å². The minimum Gasteiger partial charge on any atom is -0.341 e. The van der Waals surface area contributed by atoms with Crippen molar-refractivity contribution >= 4 is 16.9 Å². The summed E-state index contributed by atoms with van der Waals surface area (Å²) in [5.74, 6) is 2.51. The molecule has 1 aromatic heterocycles. The number of carbonyl (C=O) groups is 1. The van der Waals surface area contributed by atoms with E-state index in [9.17, 15) is 4.79 Å². The summed E-state index contributed by atoms with van der Waals surface area (Å²) in [4.78, 5) is 19.6. The number of hydrogen-bond acceptors (Lipinski definition) is 3. The van der Waals surface area contributed by atoms with Crippen molar-refractivity contribution in [3.05, 3.63) is 30.1 Å². The number of carbonyl (C=O) groups excluding carboxylic acids is 1. The van der Waals surface area contributed by atoms with Crippen molar-refractivity contribution in [2.24, 2.45) is 5.92 Å². The van der Waals surface area contributed by atoms with Gasteiger partial charge in [-0.2, -0.15) is 0 Å². The van der Waals surface area contributed by atoms with E-state index in [0.29, 0.717) is 18.5 Å². The van der Waals surface area contributed by atoms with Crippen LogP contribution in [-0.2, 0) is 4.79 Å². The monoisotopic (exact) mass is 354 g/mol. The second kappa shape index (κ2) is 7.39. The van der Waals surface area contributed by atoms with E-state index in [1.807, 2.05) is 11.0 Å². The van der Waals surface area contributed by atoms with E-state index >= 15 is 0 Å². The zero-order chi connectivity index (χ0) is 18.1. The summed E-state index contributed by atoms with van der Waals surface area (Å²) in [6.45, 7) is 7.56. The Morgan fingerprint density at radius 2 is 2.08 bits per heavy atom. The highest BCUT2D eigenvalue weighted by Gasteiger charge is 2.29. The average molecular weight is 354 g/mol. The normalized spacial score (nSPS) is 20.9. The van der Waals surface area contributed by atoms with Crippen LogP contribution in [0.25, 0.3) is 11.0 Å². The van der Waals surface area contributed by atoms with Crippen molar-refractivity contribution < 1.29 is 4.79 Å². The van der Waals surface area contributed by atoms with Crippen LogP contribution in [0.4, 0.5) is 0 Å². The number of amides is 1. The number of hydrogen-bond donors (Lipinski definition) is 1. The second-order valence-electron chi connectivity index (χ2n) is 8.18. The highest BCUT2D eigenvalue weighted by atomic mass is 16.2. The molecule has 2 fully saturated rings. The Hall–Kier alpha value is -1.88. The van der Waals surface area contributed by atoms with Crippen LogP contribution in [-0.4, -0.2) is 46.5 Å². The molecule has 5 heteroatoms. The van der Waals surface area contributed by atoms with E-state index in [0.717, 1.165) is 49.7 Å². The summed E-state index contributed by atoms with van der Waals surface area (Å²) in [6, 6.07) is 8.73. The molecule has 1 amide bonds. The number of nitrogens with zero attached hydrogens (tertiary/aromatic N) is 3. The van der Waals surface area contributed by atoms with Crippen LogP contribution in [0.3, 0.4) is 0 Å². The highest BCUT2D eigenvalue weighted by Crippen LogP contribution is 2.31. The number of benzene rings is 1. The summed E-state index contributed by atoms with van der Waals surface area (Å²) >= 11 is 0. The SMILES string of the molecule is CC(C)n1c(C2CCCN(C(=O)CNCC3CC3)C2)nc2ccccc21. The molecule has 4 rings (SSSR count). The van der Waals surface area contributed by atoms with Crippen LogP contribution in [0.1, 0.15) is 57.3 Å². The van der Waals surface area contributed by atoms with Gasteiger partial charge in [0, 0.05) is 25.0 Å². The molecular weight excluding hydrogens is 324 g/mol. The van der Waals surface area contributed by atoms with Crippen LogP contribution in [0.5, 0.6) is 0 Å². The molecule has 140 valence electrons. The van der Waals surface area contributed by atoms with Gasteiger partial charge in [-0.3, -0.25) is 4.79 Å². The number of fused-ring (bicyclic) bond motifs is 1. The first-order chi connectivity index (χ1) is 12.6. The third kappa shape index (κ3) is 3.63. The van der Waals surface area contributed by atoms with Gasteiger partial charge in [-0.15, -0.1) is 0 Å². The maximum absolute atomic E-state index is 12.6. The molecule has 0 bridgehead atoms. The zero-order valence-corrected chi connectivity index (χ0v) is 15.9. The van der Waals surface area contributed by atoms with Gasteiger partial charge < -0.3 is 14.8 Å². The number of piperidine rings is 1. The molecular formula is C21H30N4O. The zero-order valence-electron chi connectivity index (χ0n) is 15.9. The molecule has 1 N–H and O–H groups in total. The van der Waals surface area contributed by atoms with E-state index < -0.39 is 0 Å². The molecule has 2 aliphatic rings. The lowest BCUT2D eigenvalue weighted by molar-refractivity contribution is -0.131. The fourth-order valence-corrected chi connectivity index (χ4v) is 4.13. The van der Waals surface area contributed by atoms with Gasteiger partial charge in [0.1, 0.15) is 5.82 Å². The highest BCUT2D eigenvalue weighted by molar-refractivity contribution is 5.79. The van der Waals surface area contributed by atoms with Crippen LogP contribution in [0, 0.1) is 5.92 Å². The van der Waals surface area contributed by atoms with Crippen LogP contribution >= 0.6 is 0 Å². The van der Waals surface area contributed by atoms with Crippen molar-refractivity contribution in [1.29, 1.82) is 0 Å². The van der Waals surface area contributed by atoms with Gasteiger partial charge in [-0.05, 0) is 64.1 Å². The molecule has 1 atom stereocenters. The molecule has 2 heterocycles. The Labute approximate surface area is 155 Å². The van der Waals surface area contributed by atoms with E-state index in [-0.39, 0.29) is 5.91 Å². The fourth-order valence-electron chi connectivity index (χ4n) is 4.13. The van der Waals surface area contributed by atoms with Gasteiger partial charge in [0.2, 0.25) is 5.91 Å². The molecule has 0 spiro atoms. The van der Waals surface area contributed by atoms with E-state index in [1.54, 1.807) is 0 Å². The standard InChI is InChI=1S/C21H30N4O/c1-15(2)25-19-8-4-3-7-18(19)23-21(25)17-6-5-11-24(14-17)20(26)13-22-12-16-9-10-16/h3-4,7-8,15-17,22H,5-6,9-14H2,1-2H3. The van der Waals surface area contributed by atoms with Crippen LogP contribution < -0.4 is 5.32 Å². The number of imidazole rings is 1. The van der Waals surface area contributed by atoms with Gasteiger partial charge in [0.05, 0.1) is 17.6 Å². The molecule has 0 radical (unpaired) electrons.